The third kappa shape index (κ3) is 3.03. The minimum absolute atomic E-state index is 0.163. The number of pyridine rings is 1. The highest BCUT2D eigenvalue weighted by atomic mass is 32.2. The molecular weight excluding hydrogens is 262 g/mol. The van der Waals surface area contributed by atoms with Crippen LogP contribution in [0.15, 0.2) is 41.4 Å². The molecule has 2 rings (SSSR count). The molecule has 1 aromatic heterocycles. The molecule has 2 aromatic rings. The Bertz CT molecular complexity index is 712. The van der Waals surface area contributed by atoms with Gasteiger partial charge in [0.1, 0.15) is 5.82 Å². The van der Waals surface area contributed by atoms with Crippen LogP contribution in [0.3, 0.4) is 0 Å². The molecule has 1 aromatic carbocycles. The molecule has 0 fully saturated rings. The average Bonchev–Trinajstić information content (AvgIpc) is 2.31. The third-order valence-corrected chi connectivity index (χ3v) is 4.15. The number of hydrogen-bond acceptors (Lipinski definition) is 4. The van der Waals surface area contributed by atoms with Gasteiger partial charge in [-0.05, 0) is 49.2 Å². The van der Waals surface area contributed by atoms with Gasteiger partial charge in [-0.1, -0.05) is 6.07 Å². The van der Waals surface area contributed by atoms with Gasteiger partial charge >= 0.3 is 0 Å². The van der Waals surface area contributed by atoms with Crippen LogP contribution in [0, 0.1) is 13.8 Å². The van der Waals surface area contributed by atoms with Gasteiger partial charge < -0.3 is 5.73 Å². The van der Waals surface area contributed by atoms with E-state index in [0.717, 1.165) is 5.56 Å². The average molecular weight is 277 g/mol. The maximum absolute atomic E-state index is 12.3. The second-order valence-corrected chi connectivity index (χ2v) is 6.00. The van der Waals surface area contributed by atoms with Gasteiger partial charge in [0, 0.05) is 11.9 Å². The molecular formula is C13H15N3O2S. The van der Waals surface area contributed by atoms with E-state index in [1.54, 1.807) is 37.4 Å². The molecule has 0 amide bonds. The van der Waals surface area contributed by atoms with Crippen LogP contribution in [0.1, 0.15) is 11.1 Å². The summed E-state index contributed by atoms with van der Waals surface area (Å²) in [5, 5.41) is 0. The van der Waals surface area contributed by atoms with Crippen molar-refractivity contribution in [1.29, 1.82) is 0 Å². The number of anilines is 2. The number of aromatic nitrogens is 1. The van der Waals surface area contributed by atoms with E-state index in [1.807, 2.05) is 6.92 Å². The van der Waals surface area contributed by atoms with Gasteiger partial charge in [-0.15, -0.1) is 0 Å². The van der Waals surface area contributed by atoms with Crippen molar-refractivity contribution < 1.29 is 8.42 Å². The van der Waals surface area contributed by atoms with Crippen molar-refractivity contribution in [3.8, 4) is 0 Å². The summed E-state index contributed by atoms with van der Waals surface area (Å²) >= 11 is 0. The Balaban J connectivity index is 2.40. The molecule has 5 nitrogen and oxygen atoms in total. The zero-order valence-electron chi connectivity index (χ0n) is 10.7. The minimum atomic E-state index is -3.68. The number of aryl methyl sites for hydroxylation is 2. The fraction of sp³-hybridized carbons (Fsp3) is 0.154. The minimum Gasteiger partial charge on any atom is -0.399 e. The maximum Gasteiger partial charge on any atom is 0.263 e. The van der Waals surface area contributed by atoms with Gasteiger partial charge in [0.25, 0.3) is 10.0 Å². The Morgan fingerprint density at radius 1 is 1.16 bits per heavy atom. The lowest BCUT2D eigenvalue weighted by molar-refractivity contribution is 0.600. The first-order valence-electron chi connectivity index (χ1n) is 5.70. The summed E-state index contributed by atoms with van der Waals surface area (Å²) in [6.45, 7) is 3.59. The number of nitrogens with zero attached hydrogens (tertiary/aromatic N) is 1. The molecule has 3 N–H and O–H groups in total. The first kappa shape index (κ1) is 13.4. The molecule has 0 saturated heterocycles. The lowest BCUT2D eigenvalue weighted by Crippen LogP contribution is -2.15. The number of hydrogen-bond donors (Lipinski definition) is 2. The Morgan fingerprint density at radius 2 is 1.89 bits per heavy atom. The van der Waals surface area contributed by atoms with E-state index >= 15 is 0 Å². The molecule has 0 radical (unpaired) electrons. The summed E-state index contributed by atoms with van der Waals surface area (Å²) in [5.74, 6) is 0.293. The van der Waals surface area contributed by atoms with Crippen molar-refractivity contribution in [2.45, 2.75) is 18.7 Å². The highest BCUT2D eigenvalue weighted by molar-refractivity contribution is 7.92. The van der Waals surface area contributed by atoms with Gasteiger partial charge in [-0.25, -0.2) is 13.4 Å². The number of benzene rings is 1. The Kier molecular flexibility index (Phi) is 3.44. The van der Waals surface area contributed by atoms with E-state index in [4.69, 9.17) is 5.73 Å². The van der Waals surface area contributed by atoms with Gasteiger partial charge in [-0.2, -0.15) is 0 Å². The van der Waals surface area contributed by atoms with Gasteiger partial charge in [0.15, 0.2) is 0 Å². The van der Waals surface area contributed by atoms with Gasteiger partial charge in [0.05, 0.1) is 4.90 Å². The lowest BCUT2D eigenvalue weighted by atomic mass is 10.2. The molecule has 0 aliphatic heterocycles. The fourth-order valence-corrected chi connectivity index (χ4v) is 2.97. The molecule has 1 heterocycles. The predicted molar refractivity (Wildman–Crippen MR) is 75.4 cm³/mol. The van der Waals surface area contributed by atoms with Crippen LogP contribution >= 0.6 is 0 Å². The summed E-state index contributed by atoms with van der Waals surface area (Å²) in [5.41, 5.74) is 7.60. The van der Waals surface area contributed by atoms with Crippen LogP contribution in [0.5, 0.6) is 0 Å². The summed E-state index contributed by atoms with van der Waals surface area (Å²) in [6, 6.07) is 8.24. The van der Waals surface area contributed by atoms with E-state index in [1.165, 1.54) is 6.07 Å². The van der Waals surface area contributed by atoms with Gasteiger partial charge in [0.2, 0.25) is 0 Å². The van der Waals surface area contributed by atoms with Crippen molar-refractivity contribution in [3.05, 3.63) is 47.7 Å². The van der Waals surface area contributed by atoms with E-state index < -0.39 is 10.0 Å². The summed E-state index contributed by atoms with van der Waals surface area (Å²) < 4.78 is 27.0. The molecule has 0 aliphatic carbocycles. The lowest BCUT2D eigenvalue weighted by Gasteiger charge is -2.10. The highest BCUT2D eigenvalue weighted by Gasteiger charge is 2.17. The SMILES string of the molecule is Cc1ccnc(NS(=O)(=O)c2cc(N)ccc2C)c1. The second kappa shape index (κ2) is 4.89. The van der Waals surface area contributed by atoms with E-state index in [9.17, 15) is 8.42 Å². The molecule has 100 valence electrons. The molecule has 0 atom stereocenters. The van der Waals surface area contributed by atoms with Crippen molar-refractivity contribution in [1.82, 2.24) is 4.98 Å². The van der Waals surface area contributed by atoms with E-state index in [-0.39, 0.29) is 4.90 Å². The topological polar surface area (TPSA) is 85.1 Å². The molecule has 0 bridgehead atoms. The largest absolute Gasteiger partial charge is 0.399 e. The number of nitrogens with one attached hydrogen (secondary N) is 1. The monoisotopic (exact) mass is 277 g/mol. The first-order chi connectivity index (χ1) is 8.88. The summed E-state index contributed by atoms with van der Waals surface area (Å²) in [4.78, 5) is 4.14. The Hall–Kier alpha value is -2.08. The van der Waals surface area contributed by atoms with Crippen LogP contribution in [-0.4, -0.2) is 13.4 Å². The summed E-state index contributed by atoms with van der Waals surface area (Å²) in [6.07, 6.45) is 1.55. The zero-order chi connectivity index (χ0) is 14.0. The Labute approximate surface area is 112 Å². The second-order valence-electron chi connectivity index (χ2n) is 4.35. The normalized spacial score (nSPS) is 11.3. The predicted octanol–water partition coefficient (Wildman–Crippen LogP) is 2.08. The Morgan fingerprint density at radius 3 is 2.58 bits per heavy atom. The molecule has 0 saturated carbocycles. The molecule has 0 spiro atoms. The van der Waals surface area contributed by atoms with Crippen LogP contribution in [0.25, 0.3) is 0 Å². The number of nitrogen functional groups attached to an aromatic ring is 1. The van der Waals surface area contributed by atoms with Gasteiger partial charge in [-0.3, -0.25) is 4.72 Å². The quantitative estimate of drug-likeness (QED) is 0.841. The van der Waals surface area contributed by atoms with Crippen LogP contribution in [-0.2, 0) is 10.0 Å². The fourth-order valence-electron chi connectivity index (χ4n) is 1.69. The van der Waals surface area contributed by atoms with Crippen LogP contribution in [0.2, 0.25) is 0 Å². The number of sulfonamides is 1. The summed E-state index contributed by atoms with van der Waals surface area (Å²) in [7, 11) is -3.68. The van der Waals surface area contributed by atoms with Crippen molar-refractivity contribution in [2.24, 2.45) is 0 Å². The van der Waals surface area contributed by atoms with Crippen LogP contribution in [0.4, 0.5) is 11.5 Å². The first-order valence-corrected chi connectivity index (χ1v) is 7.18. The molecule has 19 heavy (non-hydrogen) atoms. The van der Waals surface area contributed by atoms with Crippen molar-refractivity contribution in [3.63, 3.8) is 0 Å². The standard InChI is InChI=1S/C13H15N3O2S/c1-9-5-6-15-13(7-9)16-19(17,18)12-8-11(14)4-3-10(12)2/h3-8H,14H2,1-2H3,(H,15,16). The van der Waals surface area contributed by atoms with Crippen molar-refractivity contribution >= 4 is 21.5 Å². The molecule has 0 aliphatic rings. The number of nitrogens with two attached hydrogens (primary N) is 1. The molecule has 0 unspecified atom stereocenters. The van der Waals surface area contributed by atoms with Crippen molar-refractivity contribution in [2.75, 3.05) is 10.5 Å². The maximum atomic E-state index is 12.3. The third-order valence-electron chi connectivity index (χ3n) is 2.66. The van der Waals surface area contributed by atoms with E-state index in [2.05, 4.69) is 9.71 Å². The van der Waals surface area contributed by atoms with Crippen LogP contribution < -0.4 is 10.5 Å². The smallest absolute Gasteiger partial charge is 0.263 e. The highest BCUT2D eigenvalue weighted by Crippen LogP contribution is 2.21. The molecule has 6 heteroatoms. The number of rotatable bonds is 3. The zero-order valence-corrected chi connectivity index (χ0v) is 11.5. The van der Waals surface area contributed by atoms with E-state index in [0.29, 0.717) is 17.1 Å².